The summed E-state index contributed by atoms with van der Waals surface area (Å²) in [6.45, 7) is 2.17. The average Bonchev–Trinajstić information content (AvgIpc) is 2.50. The molecule has 0 saturated carbocycles. The summed E-state index contributed by atoms with van der Waals surface area (Å²) in [5.41, 5.74) is 6.45. The molecule has 1 aromatic heterocycles. The lowest BCUT2D eigenvalue weighted by Gasteiger charge is -2.18. The number of methoxy groups -OCH3 is 1. The third kappa shape index (κ3) is 3.52. The predicted octanol–water partition coefficient (Wildman–Crippen LogP) is 2.18. The highest BCUT2D eigenvalue weighted by Crippen LogP contribution is 2.29. The number of aliphatic hydroxyl groups excluding tert-OH is 1. The number of rotatable bonds is 7. The summed E-state index contributed by atoms with van der Waals surface area (Å²) in [7, 11) is 1.60. The number of anilines is 2. The fourth-order valence-corrected chi connectivity index (χ4v) is 2.27. The number of hydrogen-bond donors (Lipinski definition) is 3. The molecular formula is C15H22N4O2. The highest BCUT2D eigenvalue weighted by molar-refractivity contribution is 5.93. The standard InChI is InChI=1S/C15H22N4O2/c1-3-4-6-10(9-20)17-14-11-7-5-8-12(21-2)13(11)18-15(16)19-14/h5,7-8,10,20H,3-4,6,9H2,1-2H3,(H3,16,17,18,19)/t10-/m1/s1. The average molecular weight is 290 g/mol. The van der Waals surface area contributed by atoms with Gasteiger partial charge in [-0.15, -0.1) is 0 Å². The molecular weight excluding hydrogens is 268 g/mol. The van der Waals surface area contributed by atoms with E-state index in [0.29, 0.717) is 17.1 Å². The molecule has 1 aromatic carbocycles. The Bertz CT molecular complexity index is 603. The third-order valence-corrected chi connectivity index (χ3v) is 3.39. The number of nitrogens with one attached hydrogen (secondary N) is 1. The van der Waals surface area contributed by atoms with Crippen LogP contribution in [0.3, 0.4) is 0 Å². The molecule has 0 aliphatic heterocycles. The number of unbranched alkanes of at least 4 members (excludes halogenated alkanes) is 1. The van der Waals surface area contributed by atoms with Crippen LogP contribution in [0.4, 0.5) is 11.8 Å². The molecule has 0 saturated heterocycles. The molecule has 1 atom stereocenters. The topological polar surface area (TPSA) is 93.3 Å². The van der Waals surface area contributed by atoms with Crippen molar-refractivity contribution in [3.8, 4) is 5.75 Å². The first kappa shape index (κ1) is 15.3. The van der Waals surface area contributed by atoms with Gasteiger partial charge in [0.15, 0.2) is 0 Å². The van der Waals surface area contributed by atoms with Crippen molar-refractivity contribution in [2.24, 2.45) is 0 Å². The number of nitrogens with two attached hydrogens (primary N) is 1. The summed E-state index contributed by atoms with van der Waals surface area (Å²) in [5, 5.41) is 13.6. The van der Waals surface area contributed by atoms with Gasteiger partial charge in [0, 0.05) is 5.39 Å². The number of aliphatic hydroxyl groups is 1. The van der Waals surface area contributed by atoms with Crippen molar-refractivity contribution in [1.82, 2.24) is 9.97 Å². The Labute approximate surface area is 124 Å². The molecule has 0 aliphatic carbocycles. The fourth-order valence-electron chi connectivity index (χ4n) is 2.27. The first-order chi connectivity index (χ1) is 10.2. The number of nitrogens with zero attached hydrogens (tertiary/aromatic N) is 2. The van der Waals surface area contributed by atoms with Crippen molar-refractivity contribution in [2.45, 2.75) is 32.2 Å². The molecule has 6 nitrogen and oxygen atoms in total. The highest BCUT2D eigenvalue weighted by Gasteiger charge is 2.13. The molecule has 0 bridgehead atoms. The Morgan fingerprint density at radius 2 is 2.19 bits per heavy atom. The van der Waals surface area contributed by atoms with Crippen molar-refractivity contribution in [2.75, 3.05) is 24.8 Å². The molecule has 114 valence electrons. The maximum absolute atomic E-state index is 9.49. The Morgan fingerprint density at radius 3 is 2.86 bits per heavy atom. The molecule has 0 radical (unpaired) electrons. The van der Waals surface area contributed by atoms with Crippen LogP contribution >= 0.6 is 0 Å². The number of aromatic nitrogens is 2. The molecule has 0 amide bonds. The Morgan fingerprint density at radius 1 is 1.38 bits per heavy atom. The molecule has 1 heterocycles. The van der Waals surface area contributed by atoms with Crippen LogP contribution in [0.1, 0.15) is 26.2 Å². The molecule has 2 aromatic rings. The molecule has 2 rings (SSSR count). The van der Waals surface area contributed by atoms with E-state index in [4.69, 9.17) is 10.5 Å². The van der Waals surface area contributed by atoms with Crippen LogP contribution in [-0.2, 0) is 0 Å². The van der Waals surface area contributed by atoms with Crippen molar-refractivity contribution in [3.63, 3.8) is 0 Å². The van der Waals surface area contributed by atoms with E-state index in [0.717, 1.165) is 24.6 Å². The van der Waals surface area contributed by atoms with Crippen LogP contribution in [0.25, 0.3) is 10.9 Å². The molecule has 21 heavy (non-hydrogen) atoms. The van der Waals surface area contributed by atoms with Gasteiger partial charge in [-0.25, -0.2) is 4.98 Å². The van der Waals surface area contributed by atoms with Crippen LogP contribution in [0.5, 0.6) is 5.75 Å². The van der Waals surface area contributed by atoms with E-state index in [1.54, 1.807) is 7.11 Å². The second-order valence-electron chi connectivity index (χ2n) is 4.95. The quantitative estimate of drug-likeness (QED) is 0.723. The van der Waals surface area contributed by atoms with Crippen LogP contribution in [0.2, 0.25) is 0 Å². The second kappa shape index (κ2) is 7.08. The van der Waals surface area contributed by atoms with Gasteiger partial charge in [0.1, 0.15) is 17.1 Å². The lowest BCUT2D eigenvalue weighted by molar-refractivity contribution is 0.267. The van der Waals surface area contributed by atoms with E-state index in [9.17, 15) is 5.11 Å². The summed E-state index contributed by atoms with van der Waals surface area (Å²) < 4.78 is 5.31. The van der Waals surface area contributed by atoms with E-state index in [-0.39, 0.29) is 18.6 Å². The minimum atomic E-state index is -0.0475. The Kier molecular flexibility index (Phi) is 5.16. The number of hydrogen-bond acceptors (Lipinski definition) is 6. The smallest absolute Gasteiger partial charge is 0.222 e. The van der Waals surface area contributed by atoms with Gasteiger partial charge in [0.2, 0.25) is 5.95 Å². The lowest BCUT2D eigenvalue weighted by Crippen LogP contribution is -2.24. The minimum absolute atomic E-state index is 0.0475. The largest absolute Gasteiger partial charge is 0.494 e. The first-order valence-electron chi connectivity index (χ1n) is 7.17. The van der Waals surface area contributed by atoms with Crippen molar-refractivity contribution in [1.29, 1.82) is 0 Å². The first-order valence-corrected chi connectivity index (χ1v) is 7.17. The van der Waals surface area contributed by atoms with E-state index >= 15 is 0 Å². The zero-order valence-corrected chi connectivity index (χ0v) is 12.5. The van der Waals surface area contributed by atoms with Crippen LogP contribution in [0, 0.1) is 0 Å². The third-order valence-electron chi connectivity index (χ3n) is 3.39. The molecule has 0 unspecified atom stereocenters. The van der Waals surface area contributed by atoms with Gasteiger partial charge in [-0.05, 0) is 18.6 Å². The van der Waals surface area contributed by atoms with E-state index in [1.165, 1.54) is 0 Å². The molecule has 4 N–H and O–H groups in total. The maximum atomic E-state index is 9.49. The van der Waals surface area contributed by atoms with E-state index < -0.39 is 0 Å². The minimum Gasteiger partial charge on any atom is -0.494 e. The molecule has 0 spiro atoms. The second-order valence-corrected chi connectivity index (χ2v) is 4.95. The van der Waals surface area contributed by atoms with Gasteiger partial charge in [-0.1, -0.05) is 25.8 Å². The molecule has 0 aliphatic rings. The SMILES string of the molecule is CCCC[C@H](CO)Nc1nc(N)nc2c(OC)cccc12. The van der Waals surface area contributed by atoms with Crippen LogP contribution in [0.15, 0.2) is 18.2 Å². The van der Waals surface area contributed by atoms with Gasteiger partial charge in [0.05, 0.1) is 19.8 Å². The zero-order valence-electron chi connectivity index (χ0n) is 12.5. The predicted molar refractivity (Wildman–Crippen MR) is 84.5 cm³/mol. The normalized spacial score (nSPS) is 12.3. The Hall–Kier alpha value is -2.08. The fraction of sp³-hybridized carbons (Fsp3) is 0.467. The van der Waals surface area contributed by atoms with E-state index in [2.05, 4.69) is 22.2 Å². The van der Waals surface area contributed by atoms with Crippen LogP contribution in [-0.4, -0.2) is 34.8 Å². The number of benzene rings is 1. The number of fused-ring (bicyclic) bond motifs is 1. The number of nitrogen functional groups attached to an aromatic ring is 1. The molecule has 0 fully saturated rings. The van der Waals surface area contributed by atoms with Gasteiger partial charge < -0.3 is 20.9 Å². The van der Waals surface area contributed by atoms with Crippen LogP contribution < -0.4 is 15.8 Å². The number of para-hydroxylation sites is 1. The number of ether oxygens (including phenoxy) is 1. The Balaban J connectivity index is 2.38. The van der Waals surface area contributed by atoms with Gasteiger partial charge >= 0.3 is 0 Å². The highest BCUT2D eigenvalue weighted by atomic mass is 16.5. The van der Waals surface area contributed by atoms with Crippen molar-refractivity contribution < 1.29 is 9.84 Å². The van der Waals surface area contributed by atoms with Crippen molar-refractivity contribution >= 4 is 22.7 Å². The summed E-state index contributed by atoms with van der Waals surface area (Å²) in [4.78, 5) is 8.50. The lowest BCUT2D eigenvalue weighted by atomic mass is 10.1. The monoisotopic (exact) mass is 290 g/mol. The van der Waals surface area contributed by atoms with E-state index in [1.807, 2.05) is 18.2 Å². The summed E-state index contributed by atoms with van der Waals surface area (Å²) in [6, 6.07) is 5.58. The summed E-state index contributed by atoms with van der Waals surface area (Å²) >= 11 is 0. The zero-order chi connectivity index (χ0) is 15.2. The maximum Gasteiger partial charge on any atom is 0.222 e. The summed E-state index contributed by atoms with van der Waals surface area (Å²) in [6.07, 6.45) is 3.00. The molecule has 6 heteroatoms. The van der Waals surface area contributed by atoms with Gasteiger partial charge in [-0.2, -0.15) is 4.98 Å². The van der Waals surface area contributed by atoms with Gasteiger partial charge in [0.25, 0.3) is 0 Å². The summed E-state index contributed by atoms with van der Waals surface area (Å²) in [5.74, 6) is 1.46. The van der Waals surface area contributed by atoms with Crippen molar-refractivity contribution in [3.05, 3.63) is 18.2 Å². The van der Waals surface area contributed by atoms with Gasteiger partial charge in [-0.3, -0.25) is 0 Å².